The molecule has 0 radical (unpaired) electrons. The number of hydrogen-bond donors (Lipinski definition) is 0. The van der Waals surface area contributed by atoms with Crippen molar-refractivity contribution in [2.45, 2.75) is 4.90 Å². The molecule has 1 aromatic carbocycles. The quantitative estimate of drug-likeness (QED) is 0.761. The van der Waals surface area contributed by atoms with Gasteiger partial charge in [-0.3, -0.25) is 0 Å². The van der Waals surface area contributed by atoms with Crippen molar-refractivity contribution in [3.8, 4) is 0 Å². The lowest BCUT2D eigenvalue weighted by molar-refractivity contribution is 0.0606. The molecule has 2 heterocycles. The van der Waals surface area contributed by atoms with Crippen LogP contribution in [0.4, 0.5) is 5.13 Å². The van der Waals surface area contributed by atoms with Crippen molar-refractivity contribution in [1.82, 2.24) is 9.29 Å². The Bertz CT molecular complexity index is 812. The van der Waals surface area contributed by atoms with E-state index >= 15 is 0 Å². The lowest BCUT2D eigenvalue weighted by Crippen LogP contribution is -2.48. The van der Waals surface area contributed by atoms with E-state index in [2.05, 4.69) is 9.72 Å². The molecule has 24 heavy (non-hydrogen) atoms. The number of aromatic nitrogens is 1. The maximum absolute atomic E-state index is 12.6. The normalized spacial score (nSPS) is 16.1. The number of esters is 1. The van der Waals surface area contributed by atoms with Crippen LogP contribution in [0.15, 0.2) is 41.4 Å². The summed E-state index contributed by atoms with van der Waals surface area (Å²) >= 11 is 1.25. The van der Waals surface area contributed by atoms with Gasteiger partial charge in [0.2, 0.25) is 10.0 Å². The Morgan fingerprint density at radius 2 is 1.83 bits per heavy atom. The first-order valence-corrected chi connectivity index (χ1v) is 9.62. The highest BCUT2D eigenvalue weighted by atomic mass is 32.2. The average Bonchev–Trinajstić information content (AvgIpc) is 3.12. The molecule has 2 aromatic rings. The molecule has 0 amide bonds. The number of piperazine rings is 1. The van der Waals surface area contributed by atoms with E-state index in [4.69, 9.17) is 0 Å². The Balaban J connectivity index is 1.68. The number of rotatable bonds is 4. The number of carbonyl (C=O) groups excluding carboxylic acids is 1. The zero-order valence-corrected chi connectivity index (χ0v) is 14.7. The third kappa shape index (κ3) is 3.28. The first-order valence-electron chi connectivity index (χ1n) is 7.36. The summed E-state index contributed by atoms with van der Waals surface area (Å²) in [7, 11) is -2.14. The van der Waals surface area contributed by atoms with Gasteiger partial charge in [0.15, 0.2) is 5.13 Å². The second-order valence-corrected chi connectivity index (χ2v) is 8.15. The van der Waals surface area contributed by atoms with Crippen LogP contribution < -0.4 is 4.90 Å². The Morgan fingerprint density at radius 3 is 2.46 bits per heavy atom. The van der Waals surface area contributed by atoms with Crippen molar-refractivity contribution in [1.29, 1.82) is 0 Å². The van der Waals surface area contributed by atoms with Gasteiger partial charge in [-0.1, -0.05) is 29.5 Å². The molecule has 128 valence electrons. The fourth-order valence-electron chi connectivity index (χ4n) is 2.47. The number of anilines is 1. The Morgan fingerprint density at radius 1 is 1.17 bits per heavy atom. The predicted octanol–water partition coefficient (Wildman–Crippen LogP) is 1.44. The molecule has 1 aliphatic rings. The van der Waals surface area contributed by atoms with Gasteiger partial charge in [-0.2, -0.15) is 4.31 Å². The highest BCUT2D eigenvalue weighted by molar-refractivity contribution is 7.89. The minimum absolute atomic E-state index is 0.306. The van der Waals surface area contributed by atoms with E-state index in [1.807, 2.05) is 4.90 Å². The number of ether oxygens (including phenoxy) is 1. The van der Waals surface area contributed by atoms with E-state index in [-0.39, 0.29) is 0 Å². The number of carbonyl (C=O) groups is 1. The molecule has 3 rings (SSSR count). The minimum Gasteiger partial charge on any atom is -0.465 e. The molecule has 0 bridgehead atoms. The van der Waals surface area contributed by atoms with E-state index in [1.54, 1.807) is 30.3 Å². The van der Waals surface area contributed by atoms with Crippen molar-refractivity contribution < 1.29 is 17.9 Å². The molecule has 0 atom stereocenters. The predicted molar refractivity (Wildman–Crippen MR) is 90.9 cm³/mol. The van der Waals surface area contributed by atoms with Crippen LogP contribution in [0.2, 0.25) is 0 Å². The lowest BCUT2D eigenvalue weighted by atomic mass is 10.4. The largest absolute Gasteiger partial charge is 0.465 e. The zero-order chi connectivity index (χ0) is 17.2. The molecule has 7 nitrogen and oxygen atoms in total. The topological polar surface area (TPSA) is 79.8 Å². The molecule has 1 saturated heterocycles. The van der Waals surface area contributed by atoms with Gasteiger partial charge < -0.3 is 9.64 Å². The van der Waals surface area contributed by atoms with E-state index in [0.29, 0.717) is 41.1 Å². The van der Waals surface area contributed by atoms with Gasteiger partial charge in [-0.15, -0.1) is 0 Å². The van der Waals surface area contributed by atoms with Gasteiger partial charge in [-0.05, 0) is 12.1 Å². The fourth-order valence-corrected chi connectivity index (χ4v) is 4.80. The Kier molecular flexibility index (Phi) is 4.83. The molecule has 0 N–H and O–H groups in total. The van der Waals surface area contributed by atoms with E-state index < -0.39 is 16.0 Å². The van der Waals surface area contributed by atoms with Gasteiger partial charge in [0.05, 0.1) is 18.2 Å². The first kappa shape index (κ1) is 16.9. The van der Waals surface area contributed by atoms with Crippen molar-refractivity contribution >= 4 is 32.5 Å². The number of hydrogen-bond acceptors (Lipinski definition) is 7. The van der Waals surface area contributed by atoms with Crippen LogP contribution in [0, 0.1) is 0 Å². The molecule has 1 aromatic heterocycles. The van der Waals surface area contributed by atoms with Crippen LogP contribution in [0.1, 0.15) is 9.67 Å². The first-order chi connectivity index (χ1) is 11.5. The van der Waals surface area contributed by atoms with Gasteiger partial charge in [0, 0.05) is 26.2 Å². The van der Waals surface area contributed by atoms with Crippen LogP contribution in [0.25, 0.3) is 0 Å². The third-order valence-corrected chi connectivity index (χ3v) is 6.72. The summed E-state index contributed by atoms with van der Waals surface area (Å²) in [4.78, 5) is 18.4. The summed E-state index contributed by atoms with van der Waals surface area (Å²) in [6, 6.07) is 8.43. The average molecular weight is 367 g/mol. The molecule has 1 fully saturated rings. The maximum atomic E-state index is 12.6. The summed E-state index contributed by atoms with van der Waals surface area (Å²) < 4.78 is 31.3. The molecule has 0 saturated carbocycles. The number of methoxy groups -OCH3 is 1. The summed E-state index contributed by atoms with van der Waals surface area (Å²) in [6.07, 6.45) is 1.49. The summed E-state index contributed by atoms with van der Waals surface area (Å²) in [5.41, 5.74) is 0. The van der Waals surface area contributed by atoms with Gasteiger partial charge in [-0.25, -0.2) is 18.2 Å². The van der Waals surface area contributed by atoms with Crippen molar-refractivity contribution in [2.24, 2.45) is 0 Å². The molecule has 9 heteroatoms. The van der Waals surface area contributed by atoms with Crippen LogP contribution in [-0.2, 0) is 14.8 Å². The van der Waals surface area contributed by atoms with Crippen molar-refractivity contribution in [3.05, 3.63) is 41.4 Å². The van der Waals surface area contributed by atoms with Crippen molar-refractivity contribution in [3.63, 3.8) is 0 Å². The van der Waals surface area contributed by atoms with Gasteiger partial charge >= 0.3 is 5.97 Å². The third-order valence-electron chi connectivity index (χ3n) is 3.77. The smallest absolute Gasteiger partial charge is 0.349 e. The number of sulfonamides is 1. The van der Waals surface area contributed by atoms with Crippen molar-refractivity contribution in [2.75, 3.05) is 38.2 Å². The van der Waals surface area contributed by atoms with Gasteiger partial charge in [0.1, 0.15) is 4.88 Å². The monoisotopic (exact) mass is 367 g/mol. The number of benzene rings is 1. The minimum atomic E-state index is -3.46. The van der Waals surface area contributed by atoms with E-state index in [1.165, 1.54) is 28.9 Å². The van der Waals surface area contributed by atoms with Crippen LogP contribution >= 0.6 is 11.3 Å². The second-order valence-electron chi connectivity index (χ2n) is 5.20. The summed E-state index contributed by atoms with van der Waals surface area (Å²) in [5, 5.41) is 0.701. The molecule has 0 unspecified atom stereocenters. The number of nitrogens with zero attached hydrogens (tertiary/aromatic N) is 3. The number of thiazole rings is 1. The second kappa shape index (κ2) is 6.88. The molecule has 1 aliphatic heterocycles. The fraction of sp³-hybridized carbons (Fsp3) is 0.333. The highest BCUT2D eigenvalue weighted by Gasteiger charge is 2.29. The zero-order valence-electron chi connectivity index (χ0n) is 13.1. The standard InChI is InChI=1S/C15H17N3O4S2/c1-22-14(19)13-11-16-15(23-13)17-7-9-18(10-8-17)24(20,21)12-5-3-2-4-6-12/h2-6,11H,7-10H2,1H3. The maximum Gasteiger partial charge on any atom is 0.349 e. The SMILES string of the molecule is COC(=O)c1cnc(N2CCN(S(=O)(=O)c3ccccc3)CC2)s1. The molecular weight excluding hydrogens is 350 g/mol. The Labute approximate surface area is 144 Å². The van der Waals surface area contributed by atoms with Crippen LogP contribution in [0.5, 0.6) is 0 Å². The van der Waals surface area contributed by atoms with Gasteiger partial charge in [0.25, 0.3) is 0 Å². The Hall–Kier alpha value is -1.97. The molecule has 0 spiro atoms. The highest BCUT2D eigenvalue weighted by Crippen LogP contribution is 2.25. The molecule has 0 aliphatic carbocycles. The van der Waals surface area contributed by atoms with Crippen LogP contribution in [0.3, 0.4) is 0 Å². The van der Waals surface area contributed by atoms with E-state index in [9.17, 15) is 13.2 Å². The summed E-state index contributed by atoms with van der Waals surface area (Å²) in [5.74, 6) is -0.413. The summed E-state index contributed by atoms with van der Waals surface area (Å²) in [6.45, 7) is 1.81. The van der Waals surface area contributed by atoms with Crippen LogP contribution in [-0.4, -0.2) is 57.0 Å². The van der Waals surface area contributed by atoms with E-state index in [0.717, 1.165) is 0 Å². The molecular formula is C15H17N3O4S2. The lowest BCUT2D eigenvalue weighted by Gasteiger charge is -2.33.